The molecular formula is C16H17F3N4O. The van der Waals surface area contributed by atoms with Crippen LogP contribution in [-0.4, -0.2) is 22.4 Å². The maximum absolute atomic E-state index is 12.5. The van der Waals surface area contributed by atoms with Crippen molar-refractivity contribution in [2.75, 3.05) is 11.4 Å². The molecule has 0 aliphatic carbocycles. The van der Waals surface area contributed by atoms with Gasteiger partial charge in [-0.25, -0.2) is 4.98 Å². The minimum atomic E-state index is -4.41. The summed E-state index contributed by atoms with van der Waals surface area (Å²) in [6, 6.07) is 7.57. The normalized spacial score (nSPS) is 15.3. The number of rotatable bonds is 5. The summed E-state index contributed by atoms with van der Waals surface area (Å²) in [7, 11) is 0. The maximum Gasteiger partial charge on any atom is 0.432 e. The van der Waals surface area contributed by atoms with Gasteiger partial charge in [0.15, 0.2) is 0 Å². The van der Waals surface area contributed by atoms with E-state index in [0.717, 1.165) is 30.4 Å². The molecule has 1 aromatic heterocycles. The summed E-state index contributed by atoms with van der Waals surface area (Å²) in [4.78, 5) is 19.5. The number of hydrogen-bond donors (Lipinski definition) is 2. The summed E-state index contributed by atoms with van der Waals surface area (Å²) in [5.74, 6) is 0.351. The fraction of sp³-hybridized carbons (Fsp3) is 0.375. The van der Waals surface area contributed by atoms with E-state index in [1.165, 1.54) is 0 Å². The number of anilines is 1. The standard InChI is InChI=1S/C16H17F3N4O/c17-16(18,19)13-9-21-14(22-13)10-20-8-11-3-1-4-12(7-11)23-6-2-5-15(23)24/h1,3-4,7,9,20H,2,5-6,8,10H2,(H,21,22). The average Bonchev–Trinajstić information content (AvgIpc) is 3.16. The third-order valence-corrected chi connectivity index (χ3v) is 3.85. The van der Waals surface area contributed by atoms with Gasteiger partial charge in [-0.15, -0.1) is 0 Å². The molecule has 1 saturated heterocycles. The summed E-state index contributed by atoms with van der Waals surface area (Å²) in [6.45, 7) is 1.39. The van der Waals surface area contributed by atoms with Crippen LogP contribution in [0.25, 0.3) is 0 Å². The van der Waals surface area contributed by atoms with E-state index in [4.69, 9.17) is 0 Å². The first-order chi connectivity index (χ1) is 11.4. The first kappa shape index (κ1) is 16.5. The maximum atomic E-state index is 12.5. The number of amides is 1. The van der Waals surface area contributed by atoms with Crippen LogP contribution in [0, 0.1) is 0 Å². The molecule has 24 heavy (non-hydrogen) atoms. The number of alkyl halides is 3. The van der Waals surface area contributed by atoms with Crippen LogP contribution in [0.3, 0.4) is 0 Å². The fourth-order valence-corrected chi connectivity index (χ4v) is 2.68. The van der Waals surface area contributed by atoms with Crippen molar-refractivity contribution in [3.63, 3.8) is 0 Å². The second-order valence-electron chi connectivity index (χ2n) is 5.66. The van der Waals surface area contributed by atoms with Crippen LogP contribution in [0.2, 0.25) is 0 Å². The summed E-state index contributed by atoms with van der Waals surface area (Å²) < 4.78 is 37.5. The SMILES string of the molecule is O=C1CCCN1c1cccc(CNCc2ncc(C(F)(F)F)[nH]2)c1. The van der Waals surface area contributed by atoms with Gasteiger partial charge in [0.05, 0.1) is 12.7 Å². The minimum Gasteiger partial charge on any atom is -0.337 e. The molecule has 0 unspecified atom stereocenters. The van der Waals surface area contributed by atoms with E-state index in [1.54, 1.807) is 4.90 Å². The zero-order chi connectivity index (χ0) is 17.2. The third kappa shape index (κ3) is 3.76. The van der Waals surface area contributed by atoms with E-state index in [2.05, 4.69) is 15.3 Å². The Morgan fingerprint density at radius 2 is 2.12 bits per heavy atom. The third-order valence-electron chi connectivity index (χ3n) is 3.85. The van der Waals surface area contributed by atoms with Crippen molar-refractivity contribution < 1.29 is 18.0 Å². The molecule has 1 amide bonds. The van der Waals surface area contributed by atoms with E-state index >= 15 is 0 Å². The van der Waals surface area contributed by atoms with Gasteiger partial charge in [0.2, 0.25) is 5.91 Å². The van der Waals surface area contributed by atoms with E-state index in [9.17, 15) is 18.0 Å². The molecule has 3 rings (SSSR count). The lowest BCUT2D eigenvalue weighted by molar-refractivity contribution is -0.141. The predicted octanol–water partition coefficient (Wildman–Crippen LogP) is 2.85. The molecule has 0 atom stereocenters. The number of aromatic nitrogens is 2. The van der Waals surface area contributed by atoms with Crippen molar-refractivity contribution in [1.82, 2.24) is 15.3 Å². The number of H-pyrrole nitrogens is 1. The molecule has 1 aromatic carbocycles. The Morgan fingerprint density at radius 1 is 1.29 bits per heavy atom. The molecule has 0 spiro atoms. The van der Waals surface area contributed by atoms with Crippen LogP contribution in [0.15, 0.2) is 30.5 Å². The smallest absolute Gasteiger partial charge is 0.337 e. The summed E-state index contributed by atoms with van der Waals surface area (Å²) in [5, 5.41) is 3.05. The Bertz CT molecular complexity index is 726. The highest BCUT2D eigenvalue weighted by Gasteiger charge is 2.32. The lowest BCUT2D eigenvalue weighted by Gasteiger charge is -2.16. The quantitative estimate of drug-likeness (QED) is 0.881. The molecule has 0 radical (unpaired) electrons. The van der Waals surface area contributed by atoms with Crippen molar-refractivity contribution in [1.29, 1.82) is 0 Å². The van der Waals surface area contributed by atoms with E-state index < -0.39 is 11.9 Å². The Balaban J connectivity index is 1.57. The Hall–Kier alpha value is -2.35. The highest BCUT2D eigenvalue weighted by Crippen LogP contribution is 2.27. The molecule has 0 bridgehead atoms. The lowest BCUT2D eigenvalue weighted by atomic mass is 10.2. The molecular weight excluding hydrogens is 321 g/mol. The van der Waals surface area contributed by atoms with Gasteiger partial charge in [0.25, 0.3) is 0 Å². The molecule has 0 saturated carbocycles. The highest BCUT2D eigenvalue weighted by molar-refractivity contribution is 5.95. The van der Waals surface area contributed by atoms with Crippen LogP contribution >= 0.6 is 0 Å². The monoisotopic (exact) mass is 338 g/mol. The van der Waals surface area contributed by atoms with Gasteiger partial charge in [-0.1, -0.05) is 12.1 Å². The first-order valence-electron chi connectivity index (χ1n) is 7.64. The van der Waals surface area contributed by atoms with Gasteiger partial charge in [0.1, 0.15) is 11.5 Å². The zero-order valence-electron chi connectivity index (χ0n) is 12.9. The van der Waals surface area contributed by atoms with Gasteiger partial charge in [-0.2, -0.15) is 13.2 Å². The summed E-state index contributed by atoms with van der Waals surface area (Å²) in [6.07, 6.45) is -2.19. The Labute approximate surface area is 136 Å². The van der Waals surface area contributed by atoms with E-state index in [-0.39, 0.29) is 18.3 Å². The van der Waals surface area contributed by atoms with Gasteiger partial charge in [0, 0.05) is 25.2 Å². The van der Waals surface area contributed by atoms with Crippen molar-refractivity contribution in [2.45, 2.75) is 32.1 Å². The molecule has 2 N–H and O–H groups in total. The van der Waals surface area contributed by atoms with Crippen molar-refractivity contribution in [3.8, 4) is 0 Å². The highest BCUT2D eigenvalue weighted by atomic mass is 19.4. The molecule has 1 fully saturated rings. The van der Waals surface area contributed by atoms with E-state index in [0.29, 0.717) is 13.0 Å². The topological polar surface area (TPSA) is 61.0 Å². The first-order valence-corrected chi connectivity index (χ1v) is 7.64. The van der Waals surface area contributed by atoms with Crippen LogP contribution in [0.1, 0.15) is 29.9 Å². The van der Waals surface area contributed by atoms with Gasteiger partial charge in [-0.3, -0.25) is 4.79 Å². The van der Waals surface area contributed by atoms with Crippen molar-refractivity contribution in [3.05, 3.63) is 47.5 Å². The molecule has 1 aliphatic rings. The second kappa shape index (κ2) is 6.64. The number of halogens is 3. The average molecular weight is 338 g/mol. The number of imidazole rings is 1. The molecule has 8 heteroatoms. The molecule has 128 valence electrons. The number of aromatic amines is 1. The molecule has 2 heterocycles. The summed E-state index contributed by atoms with van der Waals surface area (Å²) in [5.41, 5.74) is 0.956. The van der Waals surface area contributed by atoms with Crippen molar-refractivity contribution in [2.24, 2.45) is 0 Å². The minimum absolute atomic E-state index is 0.121. The lowest BCUT2D eigenvalue weighted by Crippen LogP contribution is -2.24. The second-order valence-corrected chi connectivity index (χ2v) is 5.66. The largest absolute Gasteiger partial charge is 0.432 e. The van der Waals surface area contributed by atoms with E-state index in [1.807, 2.05) is 24.3 Å². The molecule has 5 nitrogen and oxygen atoms in total. The molecule has 2 aromatic rings. The van der Waals surface area contributed by atoms with Gasteiger partial charge < -0.3 is 15.2 Å². The Kier molecular flexibility index (Phi) is 4.57. The van der Waals surface area contributed by atoms with Crippen LogP contribution < -0.4 is 10.2 Å². The number of nitrogens with zero attached hydrogens (tertiary/aromatic N) is 2. The van der Waals surface area contributed by atoms with Crippen LogP contribution in [0.4, 0.5) is 18.9 Å². The predicted molar refractivity (Wildman–Crippen MR) is 82.2 cm³/mol. The fourth-order valence-electron chi connectivity index (χ4n) is 2.68. The summed E-state index contributed by atoms with van der Waals surface area (Å²) >= 11 is 0. The van der Waals surface area contributed by atoms with Crippen molar-refractivity contribution >= 4 is 11.6 Å². The Morgan fingerprint density at radius 3 is 2.79 bits per heavy atom. The number of benzene rings is 1. The zero-order valence-corrected chi connectivity index (χ0v) is 12.9. The van der Waals surface area contributed by atoms with Gasteiger partial charge >= 0.3 is 6.18 Å². The molecule has 1 aliphatic heterocycles. The number of hydrogen-bond acceptors (Lipinski definition) is 3. The number of carbonyl (C=O) groups is 1. The van der Waals surface area contributed by atoms with Crippen LogP contribution in [0.5, 0.6) is 0 Å². The number of nitrogens with one attached hydrogen (secondary N) is 2. The number of carbonyl (C=O) groups excluding carboxylic acids is 1. The van der Waals surface area contributed by atoms with Gasteiger partial charge in [-0.05, 0) is 24.1 Å². The van der Waals surface area contributed by atoms with Crippen LogP contribution in [-0.2, 0) is 24.1 Å².